The molecule has 0 radical (unpaired) electrons. The lowest BCUT2D eigenvalue weighted by Gasteiger charge is -2.10. The van der Waals surface area contributed by atoms with Crippen molar-refractivity contribution in [3.63, 3.8) is 0 Å². The van der Waals surface area contributed by atoms with Crippen LogP contribution in [0.1, 0.15) is 39.8 Å². The van der Waals surface area contributed by atoms with Crippen molar-refractivity contribution in [3.05, 3.63) is 87.1 Å². The van der Waals surface area contributed by atoms with E-state index in [0.717, 1.165) is 32.7 Å². The van der Waals surface area contributed by atoms with E-state index in [4.69, 9.17) is 4.74 Å². The van der Waals surface area contributed by atoms with Gasteiger partial charge in [-0.2, -0.15) is 5.26 Å². The molecular formula is C24H21BrN2O2. The molecule has 0 saturated carbocycles. The van der Waals surface area contributed by atoms with E-state index < -0.39 is 0 Å². The zero-order valence-electron chi connectivity index (χ0n) is 16.6. The van der Waals surface area contributed by atoms with Crippen molar-refractivity contribution in [2.45, 2.75) is 20.8 Å². The highest BCUT2D eigenvalue weighted by Gasteiger charge is 2.12. The molecule has 5 heteroatoms. The van der Waals surface area contributed by atoms with E-state index in [-0.39, 0.29) is 5.97 Å². The van der Waals surface area contributed by atoms with Crippen molar-refractivity contribution < 1.29 is 9.53 Å². The molecule has 0 aliphatic rings. The molecule has 0 saturated heterocycles. The maximum absolute atomic E-state index is 11.9. The van der Waals surface area contributed by atoms with E-state index in [1.807, 2.05) is 56.3 Å². The molecule has 4 nitrogen and oxygen atoms in total. The van der Waals surface area contributed by atoms with Gasteiger partial charge in [0.1, 0.15) is 0 Å². The lowest BCUT2D eigenvalue weighted by molar-refractivity contribution is 0.0526. The number of allylic oxidation sites excluding steroid dienone is 1. The lowest BCUT2D eigenvalue weighted by Crippen LogP contribution is -2.05. The van der Waals surface area contributed by atoms with E-state index >= 15 is 0 Å². The Balaban J connectivity index is 1.97. The largest absolute Gasteiger partial charge is 0.462 e. The molecule has 1 heterocycles. The minimum Gasteiger partial charge on any atom is -0.462 e. The van der Waals surface area contributed by atoms with Crippen molar-refractivity contribution in [2.75, 3.05) is 6.61 Å². The normalized spacial score (nSPS) is 11.2. The molecule has 1 aromatic heterocycles. The van der Waals surface area contributed by atoms with Crippen LogP contribution in [-0.2, 0) is 4.74 Å². The first kappa shape index (κ1) is 20.6. The Kier molecular flexibility index (Phi) is 6.36. The molecule has 0 N–H and O–H groups in total. The number of carbonyl (C=O) groups is 1. The molecular weight excluding hydrogens is 428 g/mol. The molecule has 3 rings (SSSR count). The number of aryl methyl sites for hydroxylation is 1. The Bertz CT molecular complexity index is 1100. The number of carbonyl (C=O) groups excluding carboxylic acids is 1. The highest BCUT2D eigenvalue weighted by atomic mass is 79.9. The fraction of sp³-hybridized carbons (Fsp3) is 0.167. The Hall–Kier alpha value is -3.10. The van der Waals surface area contributed by atoms with Crippen molar-refractivity contribution in [1.82, 2.24) is 4.57 Å². The molecule has 0 aliphatic heterocycles. The van der Waals surface area contributed by atoms with Gasteiger partial charge in [0, 0.05) is 21.5 Å². The third-order valence-electron chi connectivity index (χ3n) is 4.68. The van der Waals surface area contributed by atoms with Crippen molar-refractivity contribution in [1.29, 1.82) is 5.26 Å². The predicted molar refractivity (Wildman–Crippen MR) is 119 cm³/mol. The molecule has 0 fully saturated rings. The van der Waals surface area contributed by atoms with Gasteiger partial charge < -0.3 is 9.30 Å². The summed E-state index contributed by atoms with van der Waals surface area (Å²) in [4.78, 5) is 11.9. The molecule has 0 atom stereocenters. The summed E-state index contributed by atoms with van der Waals surface area (Å²) < 4.78 is 8.13. The SMILES string of the molecule is CCOC(=O)c1ccc(-n2c(C)cc(/C=C(/C#N)c3ccc(Br)cc3)c2C)cc1. The first-order valence-corrected chi connectivity index (χ1v) is 10.1. The van der Waals surface area contributed by atoms with Crippen molar-refractivity contribution in [2.24, 2.45) is 0 Å². The van der Waals surface area contributed by atoms with Gasteiger partial charge in [-0.3, -0.25) is 0 Å². The van der Waals surface area contributed by atoms with Crippen LogP contribution in [0.5, 0.6) is 0 Å². The number of aromatic nitrogens is 1. The van der Waals surface area contributed by atoms with Crippen LogP contribution in [0, 0.1) is 25.2 Å². The molecule has 29 heavy (non-hydrogen) atoms. The number of benzene rings is 2. The third kappa shape index (κ3) is 4.49. The van der Waals surface area contributed by atoms with Gasteiger partial charge in [0.15, 0.2) is 0 Å². The van der Waals surface area contributed by atoms with Gasteiger partial charge in [-0.1, -0.05) is 28.1 Å². The first-order chi connectivity index (χ1) is 13.9. The Labute approximate surface area is 179 Å². The number of rotatable bonds is 5. The maximum atomic E-state index is 11.9. The highest BCUT2D eigenvalue weighted by Crippen LogP contribution is 2.26. The highest BCUT2D eigenvalue weighted by molar-refractivity contribution is 9.10. The second-order valence-corrected chi connectivity index (χ2v) is 7.52. The van der Waals surface area contributed by atoms with Gasteiger partial charge in [-0.25, -0.2) is 4.79 Å². The minimum absolute atomic E-state index is 0.322. The van der Waals surface area contributed by atoms with E-state index in [1.165, 1.54) is 0 Å². The standard InChI is InChI=1S/C24H21BrN2O2/c1-4-29-24(28)19-7-11-23(12-8-19)27-16(2)13-20(17(27)3)14-21(15-26)18-5-9-22(25)10-6-18/h5-14H,4H2,1-3H3/b21-14-. The number of esters is 1. The van der Waals surface area contributed by atoms with Crippen molar-refractivity contribution in [3.8, 4) is 11.8 Å². The summed E-state index contributed by atoms with van der Waals surface area (Å²) in [6, 6.07) is 19.4. The van der Waals surface area contributed by atoms with E-state index in [1.54, 1.807) is 19.1 Å². The summed E-state index contributed by atoms with van der Waals surface area (Å²) in [7, 11) is 0. The third-order valence-corrected chi connectivity index (χ3v) is 5.21. The molecule has 0 unspecified atom stereocenters. The zero-order valence-corrected chi connectivity index (χ0v) is 18.2. The summed E-state index contributed by atoms with van der Waals surface area (Å²) in [5, 5.41) is 9.64. The van der Waals surface area contributed by atoms with E-state index in [9.17, 15) is 10.1 Å². The molecule has 0 spiro atoms. The van der Waals surface area contributed by atoms with Gasteiger partial charge in [0.25, 0.3) is 0 Å². The summed E-state index contributed by atoms with van der Waals surface area (Å²) in [6.45, 7) is 6.19. The average molecular weight is 449 g/mol. The van der Waals surface area contributed by atoms with Gasteiger partial charge in [-0.05, 0) is 80.4 Å². The van der Waals surface area contributed by atoms with E-state index in [0.29, 0.717) is 17.7 Å². The van der Waals surface area contributed by atoms with Crippen LogP contribution in [-0.4, -0.2) is 17.1 Å². The number of nitrogens with zero attached hydrogens (tertiary/aromatic N) is 2. The molecule has 0 bridgehead atoms. The Morgan fingerprint density at radius 1 is 1.10 bits per heavy atom. The number of hydrogen-bond donors (Lipinski definition) is 0. The second-order valence-electron chi connectivity index (χ2n) is 6.61. The zero-order chi connectivity index (χ0) is 21.0. The Morgan fingerprint density at radius 3 is 2.31 bits per heavy atom. The minimum atomic E-state index is -0.322. The van der Waals surface area contributed by atoms with Crippen LogP contribution in [0.2, 0.25) is 0 Å². The van der Waals surface area contributed by atoms with Crippen molar-refractivity contribution >= 4 is 33.5 Å². The van der Waals surface area contributed by atoms with Crippen LogP contribution < -0.4 is 0 Å². The lowest BCUT2D eigenvalue weighted by atomic mass is 10.0. The smallest absolute Gasteiger partial charge is 0.338 e. The van der Waals surface area contributed by atoms with Gasteiger partial charge in [0.05, 0.1) is 23.8 Å². The summed E-state index contributed by atoms with van der Waals surface area (Å²) in [5.41, 5.74) is 6.02. The number of nitriles is 1. The average Bonchev–Trinajstić information content (AvgIpc) is 3.00. The van der Waals surface area contributed by atoms with Crippen LogP contribution >= 0.6 is 15.9 Å². The summed E-state index contributed by atoms with van der Waals surface area (Å²) in [5.74, 6) is -0.322. The van der Waals surface area contributed by atoms with E-state index in [2.05, 4.69) is 32.6 Å². The van der Waals surface area contributed by atoms with Crippen LogP contribution in [0.25, 0.3) is 17.3 Å². The quantitative estimate of drug-likeness (QED) is 0.350. The first-order valence-electron chi connectivity index (χ1n) is 9.28. The monoisotopic (exact) mass is 448 g/mol. The number of halogens is 1. The van der Waals surface area contributed by atoms with Gasteiger partial charge in [-0.15, -0.1) is 0 Å². The summed E-state index contributed by atoms with van der Waals surface area (Å²) in [6.07, 6.45) is 1.91. The van der Waals surface area contributed by atoms with Crippen LogP contribution in [0.15, 0.2) is 59.1 Å². The topological polar surface area (TPSA) is 55.0 Å². The van der Waals surface area contributed by atoms with Gasteiger partial charge >= 0.3 is 5.97 Å². The van der Waals surface area contributed by atoms with Crippen LogP contribution in [0.3, 0.4) is 0 Å². The molecule has 2 aromatic carbocycles. The number of hydrogen-bond acceptors (Lipinski definition) is 3. The summed E-state index contributed by atoms with van der Waals surface area (Å²) >= 11 is 3.42. The fourth-order valence-corrected chi connectivity index (χ4v) is 3.52. The van der Waals surface area contributed by atoms with Gasteiger partial charge in [0.2, 0.25) is 0 Å². The Morgan fingerprint density at radius 2 is 1.72 bits per heavy atom. The number of ether oxygens (including phenoxy) is 1. The van der Waals surface area contributed by atoms with Crippen LogP contribution in [0.4, 0.5) is 0 Å². The molecule has 0 amide bonds. The molecule has 3 aromatic rings. The predicted octanol–water partition coefficient (Wildman–Crippen LogP) is 6.10. The maximum Gasteiger partial charge on any atom is 0.338 e. The molecule has 0 aliphatic carbocycles. The fourth-order valence-electron chi connectivity index (χ4n) is 3.26. The second kappa shape index (κ2) is 8.93. The molecule has 146 valence electrons.